The van der Waals surface area contributed by atoms with Crippen molar-refractivity contribution in [2.75, 3.05) is 13.6 Å². The molecular weight excluding hydrogens is 541 g/mol. The summed E-state index contributed by atoms with van der Waals surface area (Å²) in [7, 11) is -2.70. The minimum absolute atomic E-state index is 0.0115. The van der Waals surface area contributed by atoms with Crippen LogP contribution < -0.4 is 5.32 Å². The second-order valence-electron chi connectivity index (χ2n) is 9.39. The Kier molecular flexibility index (Phi) is 10.6. The largest absolute Gasteiger partial charge is 0.352 e. The van der Waals surface area contributed by atoms with Gasteiger partial charge in [0.1, 0.15) is 11.9 Å². The Morgan fingerprint density at radius 3 is 2.15 bits per heavy atom. The maximum Gasteiger partial charge on any atom is 0.243 e. The Hall–Kier alpha value is -3.27. The second-order valence-corrected chi connectivity index (χ2v) is 11.9. The number of amides is 2. The van der Waals surface area contributed by atoms with E-state index in [4.69, 9.17) is 11.6 Å². The number of sulfonamides is 1. The Bertz CT molecular complexity index is 1350. The third-order valence-electron chi connectivity index (χ3n) is 6.42. The van der Waals surface area contributed by atoms with E-state index in [1.54, 1.807) is 0 Å². The summed E-state index contributed by atoms with van der Waals surface area (Å²) in [6.07, 6.45) is 0.904. The highest BCUT2D eigenvalue weighted by Gasteiger charge is 2.33. The molecule has 3 rings (SSSR count). The van der Waals surface area contributed by atoms with Crippen LogP contribution in [0, 0.1) is 5.82 Å². The van der Waals surface area contributed by atoms with E-state index in [9.17, 15) is 22.4 Å². The number of hydrogen-bond donors (Lipinski definition) is 1. The van der Waals surface area contributed by atoms with Gasteiger partial charge in [-0.1, -0.05) is 61.0 Å². The molecule has 0 saturated heterocycles. The average molecular weight is 574 g/mol. The van der Waals surface area contributed by atoms with Gasteiger partial charge in [-0.25, -0.2) is 12.8 Å². The zero-order valence-corrected chi connectivity index (χ0v) is 23.8. The molecule has 0 bridgehead atoms. The van der Waals surface area contributed by atoms with Gasteiger partial charge in [-0.3, -0.25) is 9.59 Å². The summed E-state index contributed by atoms with van der Waals surface area (Å²) in [5, 5.41) is 3.34. The minimum atomic E-state index is -4.01. The standard InChI is InChI=1S/C29H33ClFN3O4S/c1-4-21(2)32-29(36)27(18-22-8-6-5-7-9-22)34(19-23-10-14-25(31)15-11-23)28(35)20-33(3)39(37,38)26-16-12-24(30)13-17-26/h5-17,21,27H,4,18-20H2,1-3H3,(H,32,36)/t21-,27+/m0/s1. The van der Waals surface area contributed by atoms with Gasteiger partial charge in [-0.05, 0) is 60.9 Å². The van der Waals surface area contributed by atoms with Crippen molar-refractivity contribution < 1.29 is 22.4 Å². The minimum Gasteiger partial charge on any atom is -0.352 e. The molecule has 0 aromatic heterocycles. The zero-order valence-electron chi connectivity index (χ0n) is 22.2. The number of rotatable bonds is 12. The summed E-state index contributed by atoms with van der Waals surface area (Å²) in [6.45, 7) is 3.29. The van der Waals surface area contributed by atoms with Crippen LogP contribution in [0.1, 0.15) is 31.4 Å². The van der Waals surface area contributed by atoms with E-state index >= 15 is 0 Å². The SMILES string of the molecule is CC[C@H](C)NC(=O)[C@@H](Cc1ccccc1)N(Cc1ccc(F)cc1)C(=O)CN(C)S(=O)(=O)c1ccc(Cl)cc1. The molecule has 7 nitrogen and oxygen atoms in total. The van der Waals surface area contributed by atoms with Crippen molar-refractivity contribution in [2.24, 2.45) is 0 Å². The molecule has 10 heteroatoms. The van der Waals surface area contributed by atoms with E-state index in [1.807, 2.05) is 44.2 Å². The molecule has 0 unspecified atom stereocenters. The van der Waals surface area contributed by atoms with Crippen LogP contribution in [0.5, 0.6) is 0 Å². The lowest BCUT2D eigenvalue weighted by molar-refractivity contribution is -0.141. The smallest absolute Gasteiger partial charge is 0.243 e. The van der Waals surface area contributed by atoms with Crippen molar-refractivity contribution in [3.05, 3.63) is 101 Å². The van der Waals surface area contributed by atoms with Crippen molar-refractivity contribution >= 4 is 33.4 Å². The fraction of sp³-hybridized carbons (Fsp3) is 0.310. The van der Waals surface area contributed by atoms with Crippen molar-refractivity contribution in [2.45, 2.75) is 50.2 Å². The number of nitrogens with zero attached hydrogens (tertiary/aromatic N) is 2. The first-order valence-corrected chi connectivity index (χ1v) is 14.4. The number of hydrogen-bond acceptors (Lipinski definition) is 4. The van der Waals surface area contributed by atoms with E-state index in [0.717, 1.165) is 9.87 Å². The maximum atomic E-state index is 13.8. The van der Waals surface area contributed by atoms with Gasteiger partial charge in [-0.15, -0.1) is 0 Å². The highest BCUT2D eigenvalue weighted by atomic mass is 35.5. The lowest BCUT2D eigenvalue weighted by Crippen LogP contribution is -2.54. The fourth-order valence-corrected chi connectivity index (χ4v) is 5.18. The van der Waals surface area contributed by atoms with Crippen LogP contribution in [0.2, 0.25) is 5.02 Å². The van der Waals surface area contributed by atoms with Crippen LogP contribution in [0.15, 0.2) is 83.8 Å². The predicted molar refractivity (Wildman–Crippen MR) is 150 cm³/mol. The molecule has 0 heterocycles. The van der Waals surface area contributed by atoms with Gasteiger partial charge in [0.25, 0.3) is 0 Å². The third-order valence-corrected chi connectivity index (χ3v) is 8.49. The zero-order chi connectivity index (χ0) is 28.6. The molecule has 3 aromatic carbocycles. The Balaban J connectivity index is 1.97. The molecule has 0 fully saturated rings. The topological polar surface area (TPSA) is 86.8 Å². The van der Waals surface area contributed by atoms with Crippen LogP contribution in [0.25, 0.3) is 0 Å². The monoisotopic (exact) mass is 573 g/mol. The van der Waals surface area contributed by atoms with E-state index in [2.05, 4.69) is 5.32 Å². The number of benzene rings is 3. The van der Waals surface area contributed by atoms with E-state index in [-0.39, 0.29) is 29.8 Å². The molecule has 0 aliphatic carbocycles. The molecule has 0 saturated carbocycles. The first-order valence-electron chi connectivity index (χ1n) is 12.6. The molecule has 0 radical (unpaired) electrons. The lowest BCUT2D eigenvalue weighted by atomic mass is 10.0. The highest BCUT2D eigenvalue weighted by molar-refractivity contribution is 7.89. The number of carbonyl (C=O) groups excluding carboxylic acids is 2. The van der Waals surface area contributed by atoms with Gasteiger partial charge in [0.05, 0.1) is 11.4 Å². The molecule has 208 valence electrons. The molecule has 0 aliphatic rings. The van der Waals surface area contributed by atoms with Crippen LogP contribution in [0.4, 0.5) is 4.39 Å². The van der Waals surface area contributed by atoms with Gasteiger partial charge in [0.15, 0.2) is 0 Å². The van der Waals surface area contributed by atoms with Crippen molar-refractivity contribution in [3.63, 3.8) is 0 Å². The van der Waals surface area contributed by atoms with Gasteiger partial charge >= 0.3 is 0 Å². The first-order chi connectivity index (χ1) is 18.5. The van der Waals surface area contributed by atoms with Gasteiger partial charge < -0.3 is 10.2 Å². The molecule has 3 aromatic rings. The Labute approximate surface area is 234 Å². The van der Waals surface area contributed by atoms with E-state index < -0.39 is 34.3 Å². The van der Waals surface area contributed by atoms with Gasteiger partial charge in [0.2, 0.25) is 21.8 Å². The van der Waals surface area contributed by atoms with Crippen molar-refractivity contribution in [1.29, 1.82) is 0 Å². The summed E-state index contributed by atoms with van der Waals surface area (Å²) in [5.41, 5.74) is 1.43. The summed E-state index contributed by atoms with van der Waals surface area (Å²) >= 11 is 5.90. The molecule has 39 heavy (non-hydrogen) atoms. The normalized spacial score (nSPS) is 13.1. The number of likely N-dealkylation sites (N-methyl/N-ethyl adjacent to an activating group) is 1. The van der Waals surface area contributed by atoms with Crippen LogP contribution >= 0.6 is 11.6 Å². The molecular formula is C29H33ClFN3O4S. The van der Waals surface area contributed by atoms with Crippen LogP contribution in [-0.2, 0) is 32.6 Å². The predicted octanol–water partition coefficient (Wildman–Crippen LogP) is 4.65. The van der Waals surface area contributed by atoms with Crippen molar-refractivity contribution in [1.82, 2.24) is 14.5 Å². The maximum absolute atomic E-state index is 13.8. The van der Waals surface area contributed by atoms with Gasteiger partial charge in [0, 0.05) is 31.1 Å². The quantitative estimate of drug-likeness (QED) is 0.342. The molecule has 0 aliphatic heterocycles. The molecule has 2 atom stereocenters. The molecule has 0 spiro atoms. The Morgan fingerprint density at radius 1 is 0.949 bits per heavy atom. The third kappa shape index (κ3) is 8.36. The summed E-state index contributed by atoms with van der Waals surface area (Å²) in [6, 6.07) is 19.5. The number of carbonyl (C=O) groups is 2. The molecule has 2 amide bonds. The van der Waals surface area contributed by atoms with Gasteiger partial charge in [-0.2, -0.15) is 4.31 Å². The van der Waals surface area contributed by atoms with E-state index in [0.29, 0.717) is 17.0 Å². The highest BCUT2D eigenvalue weighted by Crippen LogP contribution is 2.20. The fourth-order valence-electron chi connectivity index (χ4n) is 3.93. The first kappa shape index (κ1) is 30.3. The Morgan fingerprint density at radius 2 is 1.56 bits per heavy atom. The summed E-state index contributed by atoms with van der Waals surface area (Å²) in [4.78, 5) is 28.7. The number of halogens is 2. The second kappa shape index (κ2) is 13.7. The summed E-state index contributed by atoms with van der Waals surface area (Å²) in [5.74, 6) is -1.35. The van der Waals surface area contributed by atoms with Crippen LogP contribution in [0.3, 0.4) is 0 Å². The number of nitrogens with one attached hydrogen (secondary N) is 1. The summed E-state index contributed by atoms with van der Waals surface area (Å²) < 4.78 is 40.9. The lowest BCUT2D eigenvalue weighted by Gasteiger charge is -2.33. The van der Waals surface area contributed by atoms with Crippen LogP contribution in [-0.4, -0.2) is 55.1 Å². The van der Waals surface area contributed by atoms with E-state index in [1.165, 1.54) is 60.5 Å². The molecule has 1 N–H and O–H groups in total. The van der Waals surface area contributed by atoms with Crippen molar-refractivity contribution in [3.8, 4) is 0 Å². The average Bonchev–Trinajstić information content (AvgIpc) is 2.92.